The van der Waals surface area contributed by atoms with Crippen LogP contribution in [0.5, 0.6) is 5.75 Å². The van der Waals surface area contributed by atoms with Gasteiger partial charge >= 0.3 is 0 Å². The highest BCUT2D eigenvalue weighted by Gasteiger charge is 2.15. The fourth-order valence-electron chi connectivity index (χ4n) is 1.12. The van der Waals surface area contributed by atoms with E-state index in [-0.39, 0.29) is 15.1 Å². The Labute approximate surface area is 125 Å². The molecule has 4 heteroatoms. The van der Waals surface area contributed by atoms with Gasteiger partial charge in [0.1, 0.15) is 5.75 Å². The summed E-state index contributed by atoms with van der Waals surface area (Å²) < 4.78 is 114. The van der Waals surface area contributed by atoms with Crippen LogP contribution in [0.2, 0.25) is 0 Å². The molecule has 1 aromatic rings. The zero-order valence-corrected chi connectivity index (χ0v) is 9.50. The summed E-state index contributed by atoms with van der Waals surface area (Å²) in [6.07, 6.45) is 0. The number of hydrogen-bond acceptors (Lipinski definition) is 3. The number of nitrogens with zero attached hydrogens (tertiary/aromatic N) is 2. The lowest BCUT2D eigenvalue weighted by Gasteiger charge is -2.34. The van der Waals surface area contributed by atoms with Crippen molar-refractivity contribution in [3.63, 3.8) is 0 Å². The van der Waals surface area contributed by atoms with E-state index in [1.165, 1.54) is 6.07 Å². The van der Waals surface area contributed by atoms with Crippen molar-refractivity contribution in [1.29, 1.82) is 0 Å². The largest absolute Gasteiger partial charge is 0.497 e. The molecule has 1 aliphatic rings. The van der Waals surface area contributed by atoms with E-state index in [9.17, 15) is 0 Å². The molecule has 88 valence electrons. The number of methoxy groups -OCH3 is 1. The number of halogens is 1. The minimum atomic E-state index is -3.54. The zero-order chi connectivity index (χ0) is 23.7. The summed E-state index contributed by atoms with van der Waals surface area (Å²) in [4.78, 5) is -0.333. The molecule has 0 N–H and O–H groups in total. The number of piperazine rings is 1. The minimum Gasteiger partial charge on any atom is -0.497 e. The molecule has 3 nitrogen and oxygen atoms in total. The van der Waals surface area contributed by atoms with Crippen LogP contribution in [0.15, 0.2) is 22.7 Å². The summed E-state index contributed by atoms with van der Waals surface area (Å²) in [5, 5.41) is 0. The summed E-state index contributed by atoms with van der Waals surface area (Å²) in [7, 11) is -2.90. The smallest absolute Gasteiger partial charge is 0.122 e. The van der Waals surface area contributed by atoms with E-state index in [1.54, 1.807) is 0 Å². The Bertz CT molecular complexity index is 792. The first-order valence-corrected chi connectivity index (χ1v) is 4.96. The topological polar surface area (TPSA) is 15.7 Å². The Morgan fingerprint density at radius 1 is 1.31 bits per heavy atom. The van der Waals surface area contributed by atoms with Gasteiger partial charge in [0.15, 0.2) is 0 Å². The molecule has 1 heterocycles. The molecule has 0 saturated carbocycles. The highest BCUT2D eigenvalue weighted by molar-refractivity contribution is 9.10. The summed E-state index contributed by atoms with van der Waals surface area (Å²) in [5.74, 6) is -0.356. The summed E-state index contributed by atoms with van der Waals surface area (Å²) in [6, 6.07) is 3.17. The number of rotatable bonds is 2. The van der Waals surface area contributed by atoms with Crippen molar-refractivity contribution in [1.82, 2.24) is 4.90 Å². The maximum atomic E-state index is 8.24. The van der Waals surface area contributed by atoms with Crippen molar-refractivity contribution >= 4 is 21.6 Å². The molecule has 0 amide bonds. The maximum absolute atomic E-state index is 8.24. The van der Waals surface area contributed by atoms with Gasteiger partial charge in [-0.1, -0.05) is 15.9 Å². The predicted octanol–water partition coefficient (Wildman–Crippen LogP) is 2.21. The van der Waals surface area contributed by atoms with Crippen LogP contribution in [-0.4, -0.2) is 44.9 Å². The average Bonchev–Trinajstić information content (AvgIpc) is 2.39. The van der Waals surface area contributed by atoms with Crippen LogP contribution in [0.25, 0.3) is 0 Å². The summed E-state index contributed by atoms with van der Waals surface area (Å²) in [6.45, 7) is -17.4. The Morgan fingerprint density at radius 3 is 2.81 bits per heavy atom. The van der Waals surface area contributed by atoms with Crippen molar-refractivity contribution in [3.05, 3.63) is 22.7 Å². The highest BCUT2D eigenvalue weighted by Crippen LogP contribution is 2.27. The molecule has 1 saturated heterocycles. The van der Waals surface area contributed by atoms with Crippen LogP contribution in [-0.2, 0) is 0 Å². The van der Waals surface area contributed by atoms with E-state index in [4.69, 9.17) is 23.9 Å². The molecular weight excluding hydrogens is 268 g/mol. The number of anilines is 1. The first-order valence-electron chi connectivity index (χ1n) is 11.2. The van der Waals surface area contributed by atoms with Gasteiger partial charge in [0, 0.05) is 51.8 Å². The van der Waals surface area contributed by atoms with Gasteiger partial charge in [-0.15, -0.1) is 0 Å². The highest BCUT2D eigenvalue weighted by atomic mass is 79.9. The molecule has 0 aromatic heterocycles. The molecule has 1 aliphatic heterocycles. The Morgan fingerprint density at radius 2 is 2.12 bits per heavy atom. The van der Waals surface area contributed by atoms with Crippen molar-refractivity contribution in [2.45, 2.75) is 0 Å². The molecule has 0 bridgehead atoms. The third kappa shape index (κ3) is 2.68. The second kappa shape index (κ2) is 5.06. The van der Waals surface area contributed by atoms with Crippen LogP contribution < -0.4 is 9.64 Å². The van der Waals surface area contributed by atoms with Gasteiger partial charge in [-0.25, -0.2) is 0 Å². The maximum Gasteiger partial charge on any atom is 0.122 e. The molecular formula is C12H17BrN2O. The molecule has 0 aliphatic carbocycles. The second-order valence-electron chi connectivity index (χ2n) is 2.87. The Kier molecular flexibility index (Phi) is 1.07. The Balaban J connectivity index is 2.78. The average molecular weight is 299 g/mol. The lowest BCUT2D eigenvalue weighted by molar-refractivity contribution is 0.312. The molecule has 0 radical (unpaired) electrons. The quantitative estimate of drug-likeness (QED) is 0.833. The van der Waals surface area contributed by atoms with Gasteiger partial charge in [0.25, 0.3) is 0 Å². The van der Waals surface area contributed by atoms with Gasteiger partial charge in [-0.3, -0.25) is 0 Å². The van der Waals surface area contributed by atoms with E-state index in [2.05, 4.69) is 15.9 Å². The minimum absolute atomic E-state index is 0.102. The summed E-state index contributed by atoms with van der Waals surface area (Å²) >= 11 is 3.04. The third-order valence-corrected chi connectivity index (χ3v) is 2.24. The van der Waals surface area contributed by atoms with E-state index in [0.29, 0.717) is 0 Å². The first kappa shape index (κ1) is 3.39. The third-order valence-electron chi connectivity index (χ3n) is 1.78. The molecule has 0 unspecified atom stereocenters. The molecule has 2 rings (SSSR count). The van der Waals surface area contributed by atoms with E-state index in [1.807, 2.05) is 0 Å². The van der Waals surface area contributed by atoms with Crippen molar-refractivity contribution in [3.8, 4) is 5.75 Å². The predicted molar refractivity (Wildman–Crippen MR) is 70.4 cm³/mol. The van der Waals surface area contributed by atoms with Crippen molar-refractivity contribution in [2.24, 2.45) is 0 Å². The molecule has 0 atom stereocenters. The lowest BCUT2D eigenvalue weighted by atomic mass is 10.2. The van der Waals surface area contributed by atoms with E-state index < -0.39 is 50.6 Å². The standard InChI is InChI=1S/C12H17BrN2O/c1-14-3-5-15(6-4-14)11-7-10(13)8-12(9-11)16-2/h7-9H,3-6H2,1-2H3/i1D3,2D3,3D2,4D2,5D2,6D2. The zero-order valence-electron chi connectivity index (χ0n) is 21.9. The summed E-state index contributed by atoms with van der Waals surface area (Å²) in [5.41, 5.74) is -0.475. The van der Waals surface area contributed by atoms with Gasteiger partial charge in [-0.2, -0.15) is 0 Å². The van der Waals surface area contributed by atoms with Gasteiger partial charge in [-0.05, 0) is 19.1 Å². The SMILES string of the molecule is [2H]C([2H])([2H])Oc1cc(Br)cc(N2C([2H])([2H])C([2H])([2H])N(C([2H])([2H])[2H])C([2H])([2H])C2([2H])[2H])c1. The second-order valence-corrected chi connectivity index (χ2v) is 3.78. The van der Waals surface area contributed by atoms with Gasteiger partial charge in [0.2, 0.25) is 0 Å². The number of hydrogen-bond donors (Lipinski definition) is 0. The van der Waals surface area contributed by atoms with Gasteiger partial charge < -0.3 is 14.5 Å². The van der Waals surface area contributed by atoms with Crippen molar-refractivity contribution < 1.29 is 23.9 Å². The number of ether oxygens (including phenoxy) is 1. The van der Waals surface area contributed by atoms with Crippen molar-refractivity contribution in [2.75, 3.05) is 44.9 Å². The van der Waals surface area contributed by atoms with Crippen LogP contribution in [0.3, 0.4) is 0 Å². The van der Waals surface area contributed by atoms with Crippen LogP contribution in [0, 0.1) is 0 Å². The normalized spacial score (nSPS) is 44.7. The van der Waals surface area contributed by atoms with Crippen LogP contribution in [0.4, 0.5) is 5.69 Å². The lowest BCUT2D eigenvalue weighted by Crippen LogP contribution is -2.44. The molecule has 1 fully saturated rings. The Hall–Kier alpha value is -0.740. The van der Waals surface area contributed by atoms with Crippen LogP contribution in [0.1, 0.15) is 19.2 Å². The molecule has 16 heavy (non-hydrogen) atoms. The number of likely N-dealkylation sites (N-methyl/N-ethyl adjacent to an activating group) is 1. The van der Waals surface area contributed by atoms with Crippen LogP contribution >= 0.6 is 15.9 Å². The fraction of sp³-hybridized carbons (Fsp3) is 0.500. The fourth-order valence-corrected chi connectivity index (χ4v) is 1.58. The molecule has 0 spiro atoms. The van der Waals surface area contributed by atoms with E-state index >= 15 is 0 Å². The first-order chi connectivity index (χ1) is 13.1. The van der Waals surface area contributed by atoms with E-state index in [0.717, 1.165) is 12.1 Å². The molecule has 1 aromatic carbocycles. The monoisotopic (exact) mass is 298 g/mol. The number of benzene rings is 1. The van der Waals surface area contributed by atoms with Gasteiger partial charge in [0.05, 0.1) is 16.6 Å².